The summed E-state index contributed by atoms with van der Waals surface area (Å²) in [6.07, 6.45) is 2.38. The number of unbranched alkanes of at least 4 members (excludes halogenated alkanes) is 1. The second kappa shape index (κ2) is 9.40. The number of benzene rings is 1. The van der Waals surface area contributed by atoms with Crippen molar-refractivity contribution in [2.24, 2.45) is 4.99 Å². The molecular weight excluding hydrogens is 288 g/mol. The van der Waals surface area contributed by atoms with Crippen LogP contribution in [0.3, 0.4) is 0 Å². The number of guanidine groups is 1. The van der Waals surface area contributed by atoms with Crippen molar-refractivity contribution in [1.82, 2.24) is 10.2 Å². The van der Waals surface area contributed by atoms with Crippen LogP contribution in [0.5, 0.6) is 0 Å². The third-order valence-corrected chi connectivity index (χ3v) is 4.20. The van der Waals surface area contributed by atoms with Crippen LogP contribution in [0.4, 0.5) is 5.69 Å². The van der Waals surface area contributed by atoms with Crippen molar-refractivity contribution in [3.8, 4) is 0 Å². The topological polar surface area (TPSA) is 40.1 Å². The fourth-order valence-corrected chi connectivity index (χ4v) is 2.83. The van der Waals surface area contributed by atoms with Gasteiger partial charge in [0, 0.05) is 46.0 Å². The average Bonchev–Trinajstić information content (AvgIpc) is 2.61. The number of para-hydroxylation sites is 1. The van der Waals surface area contributed by atoms with Gasteiger partial charge in [0.15, 0.2) is 5.96 Å². The lowest BCUT2D eigenvalue weighted by atomic mass is 10.1. The molecule has 1 aromatic carbocycles. The molecule has 0 spiro atoms. The van der Waals surface area contributed by atoms with E-state index in [0.29, 0.717) is 0 Å². The minimum absolute atomic E-state index is 0.788. The molecule has 5 heteroatoms. The second-order valence-corrected chi connectivity index (χ2v) is 5.90. The molecule has 1 fully saturated rings. The van der Waals surface area contributed by atoms with Gasteiger partial charge in [-0.2, -0.15) is 0 Å². The summed E-state index contributed by atoms with van der Waals surface area (Å²) in [7, 11) is 3.94. The fourth-order valence-electron chi connectivity index (χ4n) is 2.83. The zero-order valence-corrected chi connectivity index (χ0v) is 14.7. The lowest BCUT2D eigenvalue weighted by Crippen LogP contribution is -2.40. The van der Waals surface area contributed by atoms with E-state index in [0.717, 1.165) is 45.4 Å². The molecule has 0 bridgehead atoms. The summed E-state index contributed by atoms with van der Waals surface area (Å²) in [5, 5.41) is 3.49. The smallest absolute Gasteiger partial charge is 0.193 e. The number of aliphatic imine (C=N–C) groups is 1. The Labute approximate surface area is 140 Å². The van der Waals surface area contributed by atoms with E-state index < -0.39 is 0 Å². The Bertz CT molecular complexity index is 498. The van der Waals surface area contributed by atoms with Crippen LogP contribution in [0.25, 0.3) is 0 Å². The molecule has 23 heavy (non-hydrogen) atoms. The fraction of sp³-hybridized carbons (Fsp3) is 0.611. The van der Waals surface area contributed by atoms with Gasteiger partial charge >= 0.3 is 0 Å². The molecule has 0 unspecified atom stereocenters. The standard InChI is InChI=1S/C18H30N4O/c1-4-5-10-21(3)18(19-2)20-15-16-8-6-7-9-17(16)22-11-13-23-14-12-22/h6-9H,4-5,10-15H2,1-3H3,(H,19,20). The van der Waals surface area contributed by atoms with Crippen molar-refractivity contribution >= 4 is 11.6 Å². The summed E-state index contributed by atoms with van der Waals surface area (Å²) in [6, 6.07) is 8.60. The van der Waals surface area contributed by atoms with Crippen LogP contribution in [0.15, 0.2) is 29.3 Å². The Hall–Kier alpha value is -1.75. The first kappa shape index (κ1) is 17.6. The maximum absolute atomic E-state index is 5.46. The Balaban J connectivity index is 1.99. The second-order valence-electron chi connectivity index (χ2n) is 5.90. The van der Waals surface area contributed by atoms with Crippen molar-refractivity contribution in [2.45, 2.75) is 26.3 Å². The number of hydrogen-bond acceptors (Lipinski definition) is 3. The van der Waals surface area contributed by atoms with Gasteiger partial charge in [0.05, 0.1) is 13.2 Å². The van der Waals surface area contributed by atoms with Crippen LogP contribution in [-0.4, -0.2) is 57.8 Å². The van der Waals surface area contributed by atoms with Crippen LogP contribution in [0.1, 0.15) is 25.3 Å². The summed E-state index contributed by atoms with van der Waals surface area (Å²) >= 11 is 0. The number of rotatable bonds is 6. The highest BCUT2D eigenvalue weighted by molar-refractivity contribution is 5.79. The Morgan fingerprint density at radius 1 is 1.30 bits per heavy atom. The highest BCUT2D eigenvalue weighted by Crippen LogP contribution is 2.21. The minimum Gasteiger partial charge on any atom is -0.378 e. The van der Waals surface area contributed by atoms with E-state index >= 15 is 0 Å². The molecule has 1 heterocycles. The third-order valence-electron chi connectivity index (χ3n) is 4.20. The highest BCUT2D eigenvalue weighted by atomic mass is 16.5. The van der Waals surface area contributed by atoms with Gasteiger partial charge in [-0.1, -0.05) is 31.5 Å². The SMILES string of the molecule is CCCCN(C)C(=NC)NCc1ccccc1N1CCOCC1. The summed E-state index contributed by atoms with van der Waals surface area (Å²) in [4.78, 5) is 9.00. The number of anilines is 1. The molecule has 1 aromatic rings. The molecule has 0 amide bonds. The lowest BCUT2D eigenvalue weighted by Gasteiger charge is -2.31. The molecule has 1 aliphatic heterocycles. The first-order valence-electron chi connectivity index (χ1n) is 8.58. The Morgan fingerprint density at radius 3 is 2.74 bits per heavy atom. The molecule has 0 saturated carbocycles. The van der Waals surface area contributed by atoms with Gasteiger partial charge in [0.2, 0.25) is 0 Å². The zero-order chi connectivity index (χ0) is 16.5. The molecule has 1 aliphatic rings. The van der Waals surface area contributed by atoms with Gasteiger partial charge in [-0.3, -0.25) is 4.99 Å². The van der Waals surface area contributed by atoms with Crippen molar-refractivity contribution in [3.05, 3.63) is 29.8 Å². The Morgan fingerprint density at radius 2 is 2.04 bits per heavy atom. The maximum Gasteiger partial charge on any atom is 0.193 e. The molecule has 0 radical (unpaired) electrons. The van der Waals surface area contributed by atoms with Crippen LogP contribution >= 0.6 is 0 Å². The highest BCUT2D eigenvalue weighted by Gasteiger charge is 2.14. The molecule has 1 N–H and O–H groups in total. The molecule has 2 rings (SSSR count). The van der Waals surface area contributed by atoms with Gasteiger partial charge in [-0.05, 0) is 18.1 Å². The van der Waals surface area contributed by atoms with E-state index in [2.05, 4.69) is 58.3 Å². The summed E-state index contributed by atoms with van der Waals surface area (Å²) in [6.45, 7) is 7.57. The molecular formula is C18H30N4O. The van der Waals surface area contributed by atoms with Gasteiger partial charge < -0.3 is 19.9 Å². The van der Waals surface area contributed by atoms with Crippen LogP contribution in [-0.2, 0) is 11.3 Å². The van der Waals surface area contributed by atoms with Crippen molar-refractivity contribution in [1.29, 1.82) is 0 Å². The number of morpholine rings is 1. The van der Waals surface area contributed by atoms with E-state index in [-0.39, 0.29) is 0 Å². The molecule has 0 aromatic heterocycles. The van der Waals surface area contributed by atoms with E-state index in [1.54, 1.807) is 0 Å². The number of hydrogen-bond donors (Lipinski definition) is 1. The summed E-state index contributed by atoms with van der Waals surface area (Å²) < 4.78 is 5.46. The number of nitrogens with one attached hydrogen (secondary N) is 1. The van der Waals surface area contributed by atoms with Crippen LogP contribution in [0, 0.1) is 0 Å². The van der Waals surface area contributed by atoms with Gasteiger partial charge in [-0.15, -0.1) is 0 Å². The predicted octanol–water partition coefficient (Wildman–Crippen LogP) is 2.33. The lowest BCUT2D eigenvalue weighted by molar-refractivity contribution is 0.122. The predicted molar refractivity (Wildman–Crippen MR) is 97.2 cm³/mol. The maximum atomic E-state index is 5.46. The first-order chi connectivity index (χ1) is 11.3. The molecule has 0 atom stereocenters. The van der Waals surface area contributed by atoms with E-state index in [4.69, 9.17) is 4.74 Å². The van der Waals surface area contributed by atoms with Crippen LogP contribution < -0.4 is 10.2 Å². The summed E-state index contributed by atoms with van der Waals surface area (Å²) in [5.74, 6) is 0.954. The average molecular weight is 318 g/mol. The normalized spacial score (nSPS) is 15.6. The molecule has 128 valence electrons. The van der Waals surface area contributed by atoms with Gasteiger partial charge in [-0.25, -0.2) is 0 Å². The van der Waals surface area contributed by atoms with Crippen molar-refractivity contribution in [2.75, 3.05) is 51.8 Å². The van der Waals surface area contributed by atoms with E-state index in [1.165, 1.54) is 24.1 Å². The van der Waals surface area contributed by atoms with Crippen molar-refractivity contribution < 1.29 is 4.74 Å². The first-order valence-corrected chi connectivity index (χ1v) is 8.58. The number of ether oxygens (including phenoxy) is 1. The molecule has 1 saturated heterocycles. The zero-order valence-electron chi connectivity index (χ0n) is 14.7. The van der Waals surface area contributed by atoms with E-state index in [9.17, 15) is 0 Å². The third kappa shape index (κ3) is 5.13. The van der Waals surface area contributed by atoms with Crippen molar-refractivity contribution in [3.63, 3.8) is 0 Å². The van der Waals surface area contributed by atoms with Gasteiger partial charge in [0.1, 0.15) is 0 Å². The van der Waals surface area contributed by atoms with Crippen LogP contribution in [0.2, 0.25) is 0 Å². The quantitative estimate of drug-likeness (QED) is 0.645. The monoisotopic (exact) mass is 318 g/mol. The number of nitrogens with zero attached hydrogens (tertiary/aromatic N) is 3. The summed E-state index contributed by atoms with van der Waals surface area (Å²) in [5.41, 5.74) is 2.61. The molecule has 5 nitrogen and oxygen atoms in total. The van der Waals surface area contributed by atoms with Gasteiger partial charge in [0.25, 0.3) is 0 Å². The molecule has 0 aliphatic carbocycles. The van der Waals surface area contributed by atoms with E-state index in [1.807, 2.05) is 7.05 Å². The largest absolute Gasteiger partial charge is 0.378 e. The Kier molecular flexibility index (Phi) is 7.20. The minimum atomic E-state index is 0.788.